The first-order valence-electron chi connectivity index (χ1n) is 14.2. The molecule has 212 valence electrons. The van der Waals surface area contributed by atoms with E-state index < -0.39 is 25.7 Å². The standard InChI is InChI=1S/C36H30O4Si3/c37-41(31-19-7-1-8-20-31,32-21-9-2-10-22-32)39-43(35-27-15-5-16-28-35,36-29-17-6-18-30-36)40-42(38,33-23-11-3-12-24-33)34-25-13-4-14-26-34/h1-30H/q-2. The van der Waals surface area contributed by atoms with Crippen LogP contribution in [-0.4, -0.2) is 25.7 Å². The summed E-state index contributed by atoms with van der Waals surface area (Å²) in [5, 5.41) is 3.66. The molecule has 0 bridgehead atoms. The topological polar surface area (TPSA) is 64.6 Å². The summed E-state index contributed by atoms with van der Waals surface area (Å²) in [4.78, 5) is 31.2. The zero-order valence-corrected chi connectivity index (χ0v) is 26.5. The van der Waals surface area contributed by atoms with Gasteiger partial charge in [0.25, 0.3) is 0 Å². The summed E-state index contributed by atoms with van der Waals surface area (Å²) in [6, 6.07) is 56.2. The van der Waals surface area contributed by atoms with E-state index in [1.165, 1.54) is 0 Å². The number of benzene rings is 6. The molecule has 0 aliphatic rings. The molecule has 0 unspecified atom stereocenters. The Labute approximate surface area is 255 Å². The molecule has 0 saturated carbocycles. The molecule has 43 heavy (non-hydrogen) atoms. The van der Waals surface area contributed by atoms with E-state index in [4.69, 9.17) is 8.23 Å². The SMILES string of the molecule is [O-][Si](O[Si](O[Si]([O-])(c1ccccc1)c1ccccc1)(c1ccccc1)c1ccccc1)(c1ccccc1)c1ccccc1. The summed E-state index contributed by atoms with van der Waals surface area (Å²) in [6.45, 7) is 0. The molecule has 0 atom stereocenters. The Kier molecular flexibility index (Phi) is 8.46. The smallest absolute Gasteiger partial charge is 0.385 e. The Morgan fingerprint density at radius 2 is 0.465 bits per heavy atom. The summed E-state index contributed by atoms with van der Waals surface area (Å²) in [6.07, 6.45) is 0. The van der Waals surface area contributed by atoms with Crippen molar-refractivity contribution in [1.82, 2.24) is 0 Å². The molecule has 0 aliphatic carbocycles. The van der Waals surface area contributed by atoms with Gasteiger partial charge in [-0.15, -0.1) is 0 Å². The fraction of sp³-hybridized carbons (Fsp3) is 0. The zero-order chi connectivity index (χ0) is 29.6. The fourth-order valence-electron chi connectivity index (χ4n) is 5.34. The second-order valence-electron chi connectivity index (χ2n) is 10.3. The van der Waals surface area contributed by atoms with Gasteiger partial charge < -0.3 is 17.8 Å². The van der Waals surface area contributed by atoms with Gasteiger partial charge in [0.15, 0.2) is 17.1 Å². The Morgan fingerprint density at radius 3 is 0.674 bits per heavy atom. The molecular formula is C36H30O4Si3-2. The third kappa shape index (κ3) is 5.75. The highest BCUT2D eigenvalue weighted by Gasteiger charge is 2.50. The molecule has 0 N–H and O–H groups in total. The van der Waals surface area contributed by atoms with Crippen molar-refractivity contribution in [1.29, 1.82) is 0 Å². The first kappa shape index (κ1) is 28.9. The Balaban J connectivity index is 1.66. The van der Waals surface area contributed by atoms with Crippen LogP contribution in [0.15, 0.2) is 182 Å². The minimum atomic E-state index is -4.23. The largest absolute Gasteiger partial charge is 0.832 e. The zero-order valence-electron chi connectivity index (χ0n) is 23.5. The molecule has 6 aromatic carbocycles. The van der Waals surface area contributed by atoms with Crippen LogP contribution >= 0.6 is 0 Å². The van der Waals surface area contributed by atoms with E-state index in [1.807, 2.05) is 182 Å². The summed E-state index contributed by atoms with van der Waals surface area (Å²) in [5.41, 5.74) is 0. The molecule has 6 rings (SSSR count). The lowest BCUT2D eigenvalue weighted by molar-refractivity contribution is -0.225. The van der Waals surface area contributed by atoms with E-state index in [2.05, 4.69) is 0 Å². The van der Waals surface area contributed by atoms with Crippen LogP contribution in [0.25, 0.3) is 0 Å². The van der Waals surface area contributed by atoms with Crippen LogP contribution < -0.4 is 40.7 Å². The lowest BCUT2D eigenvalue weighted by Gasteiger charge is -2.52. The van der Waals surface area contributed by atoms with E-state index in [0.29, 0.717) is 31.1 Å². The second-order valence-corrected chi connectivity index (χ2v) is 19.0. The highest BCUT2D eigenvalue weighted by atomic mass is 28.5. The van der Waals surface area contributed by atoms with Crippen molar-refractivity contribution in [2.24, 2.45) is 0 Å². The number of rotatable bonds is 10. The van der Waals surface area contributed by atoms with Gasteiger partial charge in [0.2, 0.25) is 0 Å². The van der Waals surface area contributed by atoms with E-state index in [9.17, 15) is 0 Å². The van der Waals surface area contributed by atoms with Crippen molar-refractivity contribution >= 4 is 56.8 Å². The van der Waals surface area contributed by atoms with E-state index in [-0.39, 0.29) is 0 Å². The van der Waals surface area contributed by atoms with Crippen molar-refractivity contribution in [3.05, 3.63) is 182 Å². The third-order valence-electron chi connectivity index (χ3n) is 7.50. The molecular weight excluding hydrogens is 581 g/mol. The van der Waals surface area contributed by atoms with Crippen LogP contribution in [-0.2, 0) is 8.23 Å². The predicted molar refractivity (Wildman–Crippen MR) is 176 cm³/mol. The highest BCUT2D eigenvalue weighted by Crippen LogP contribution is 2.19. The Hall–Kier alpha value is -4.19. The van der Waals surface area contributed by atoms with Gasteiger partial charge >= 0.3 is 8.56 Å². The quantitative estimate of drug-likeness (QED) is 0.221. The number of hydrogen-bond donors (Lipinski definition) is 0. The van der Waals surface area contributed by atoms with Crippen molar-refractivity contribution in [3.63, 3.8) is 0 Å². The fourth-order valence-corrected chi connectivity index (χ4v) is 17.7. The van der Waals surface area contributed by atoms with Crippen molar-refractivity contribution in [2.75, 3.05) is 0 Å². The summed E-state index contributed by atoms with van der Waals surface area (Å²) >= 11 is 0. The maximum Gasteiger partial charge on any atom is 0.385 e. The number of hydrogen-bond acceptors (Lipinski definition) is 4. The van der Waals surface area contributed by atoms with E-state index >= 15 is 9.59 Å². The van der Waals surface area contributed by atoms with Gasteiger partial charge in [-0.05, 0) is 31.1 Å². The lowest BCUT2D eigenvalue weighted by Crippen LogP contribution is -2.84. The molecule has 0 heterocycles. The molecule has 7 heteroatoms. The van der Waals surface area contributed by atoms with Gasteiger partial charge in [-0.2, -0.15) is 0 Å². The Morgan fingerprint density at radius 1 is 0.279 bits per heavy atom. The molecule has 0 aromatic heterocycles. The maximum absolute atomic E-state index is 15.6. The van der Waals surface area contributed by atoms with Crippen LogP contribution in [0.2, 0.25) is 0 Å². The van der Waals surface area contributed by atoms with Crippen LogP contribution in [0.4, 0.5) is 0 Å². The van der Waals surface area contributed by atoms with E-state index in [1.54, 1.807) is 0 Å². The molecule has 0 aliphatic heterocycles. The lowest BCUT2D eigenvalue weighted by atomic mass is 10.4. The Bertz CT molecular complexity index is 1510. The summed E-state index contributed by atoms with van der Waals surface area (Å²) in [5.74, 6) is 0. The predicted octanol–water partition coefficient (Wildman–Crippen LogP) is 1.51. The summed E-state index contributed by atoms with van der Waals surface area (Å²) < 4.78 is 14.5. The minimum Gasteiger partial charge on any atom is -0.832 e. The molecule has 0 radical (unpaired) electrons. The third-order valence-corrected chi connectivity index (χ3v) is 18.7. The highest BCUT2D eigenvalue weighted by molar-refractivity contribution is 7.08. The van der Waals surface area contributed by atoms with Gasteiger partial charge in [0.1, 0.15) is 0 Å². The first-order chi connectivity index (χ1) is 21.0. The van der Waals surface area contributed by atoms with Crippen LogP contribution in [0.5, 0.6) is 0 Å². The van der Waals surface area contributed by atoms with Gasteiger partial charge in [-0.1, -0.05) is 182 Å². The van der Waals surface area contributed by atoms with E-state index in [0.717, 1.165) is 0 Å². The van der Waals surface area contributed by atoms with Gasteiger partial charge in [0.05, 0.1) is 0 Å². The van der Waals surface area contributed by atoms with Gasteiger partial charge in [-0.3, -0.25) is 0 Å². The normalized spacial score (nSPS) is 12.1. The van der Waals surface area contributed by atoms with Crippen LogP contribution in [0.1, 0.15) is 0 Å². The molecule has 0 saturated heterocycles. The first-order valence-corrected chi connectivity index (χ1v) is 19.6. The maximum atomic E-state index is 15.6. The van der Waals surface area contributed by atoms with Gasteiger partial charge in [0, 0.05) is 0 Å². The summed E-state index contributed by atoms with van der Waals surface area (Å²) in [7, 11) is -12.5. The molecule has 0 spiro atoms. The van der Waals surface area contributed by atoms with Crippen LogP contribution in [0, 0.1) is 0 Å². The van der Waals surface area contributed by atoms with Crippen LogP contribution in [0.3, 0.4) is 0 Å². The molecule has 0 fully saturated rings. The minimum absolute atomic E-state index is 0.561. The van der Waals surface area contributed by atoms with Crippen molar-refractivity contribution in [2.45, 2.75) is 0 Å². The molecule has 0 amide bonds. The monoisotopic (exact) mass is 610 g/mol. The van der Waals surface area contributed by atoms with Crippen molar-refractivity contribution in [3.8, 4) is 0 Å². The molecule has 4 nitrogen and oxygen atoms in total. The average molecular weight is 611 g/mol. The second kappa shape index (κ2) is 12.6. The van der Waals surface area contributed by atoms with Gasteiger partial charge in [-0.25, -0.2) is 0 Å². The molecule has 6 aromatic rings. The van der Waals surface area contributed by atoms with Crippen molar-refractivity contribution < 1.29 is 17.8 Å². The average Bonchev–Trinajstić information content (AvgIpc) is 3.10.